The van der Waals surface area contributed by atoms with Crippen LogP contribution < -0.4 is 10.2 Å². The maximum Gasteiger partial charge on any atom is 0.271 e. The molecule has 0 unspecified atom stereocenters. The zero-order chi connectivity index (χ0) is 12.7. The molecule has 0 spiro atoms. The second-order valence-corrected chi connectivity index (χ2v) is 3.65. The lowest BCUT2D eigenvalue weighted by Crippen LogP contribution is -2.20. The van der Waals surface area contributed by atoms with Gasteiger partial charge in [-0.2, -0.15) is 5.10 Å². The normalized spacial score (nSPS) is 9.59. The van der Waals surface area contributed by atoms with Gasteiger partial charge in [0.2, 0.25) is 0 Å². The summed E-state index contributed by atoms with van der Waals surface area (Å²) in [6.45, 7) is 0. The number of hydrazone groups is 1. The molecular formula is C11H12Cl2N2O2. The Morgan fingerprint density at radius 2 is 2.12 bits per heavy atom. The van der Waals surface area contributed by atoms with Crippen LogP contribution in [0.1, 0.15) is 10.4 Å². The lowest BCUT2D eigenvalue weighted by atomic mass is 10.2. The number of rotatable bonds is 5. The molecule has 0 radical (unpaired) electrons. The number of hydrogen-bond acceptors (Lipinski definition) is 3. The van der Waals surface area contributed by atoms with E-state index in [4.69, 9.17) is 27.9 Å². The van der Waals surface area contributed by atoms with Crippen molar-refractivity contribution in [2.24, 2.45) is 5.10 Å². The van der Waals surface area contributed by atoms with Gasteiger partial charge in [-0.25, -0.2) is 5.43 Å². The van der Waals surface area contributed by atoms with Crippen molar-refractivity contribution in [3.8, 4) is 5.75 Å². The highest BCUT2D eigenvalue weighted by molar-refractivity contribution is 6.37. The minimum atomic E-state index is -0.336. The summed E-state index contributed by atoms with van der Waals surface area (Å²) in [5, 5.41) is 3.80. The Hall–Kier alpha value is -1.26. The van der Waals surface area contributed by atoms with Crippen LogP contribution in [-0.4, -0.2) is 30.5 Å². The lowest BCUT2D eigenvalue weighted by Gasteiger charge is -2.04. The largest absolute Gasteiger partial charge is 0.497 e. The fourth-order valence-corrected chi connectivity index (χ4v) is 1.46. The number of methoxy groups -OCH3 is 1. The van der Waals surface area contributed by atoms with Crippen LogP contribution in [0.2, 0.25) is 0 Å². The number of nitrogens with zero attached hydrogens (tertiary/aromatic N) is 1. The van der Waals surface area contributed by atoms with E-state index >= 15 is 0 Å². The molecule has 0 fully saturated rings. The van der Waals surface area contributed by atoms with Crippen LogP contribution in [0.25, 0.3) is 0 Å². The summed E-state index contributed by atoms with van der Waals surface area (Å²) in [4.78, 5) is 11.7. The van der Waals surface area contributed by atoms with Crippen LogP contribution in [0.15, 0.2) is 29.4 Å². The third-order valence-corrected chi connectivity index (χ3v) is 2.57. The molecule has 1 aromatic rings. The molecule has 0 bridgehead atoms. The van der Waals surface area contributed by atoms with E-state index in [0.29, 0.717) is 17.0 Å². The Morgan fingerprint density at radius 3 is 2.71 bits per heavy atom. The molecule has 17 heavy (non-hydrogen) atoms. The van der Waals surface area contributed by atoms with Crippen LogP contribution in [0.3, 0.4) is 0 Å². The summed E-state index contributed by atoms with van der Waals surface area (Å²) in [5.41, 5.74) is 3.34. The highest BCUT2D eigenvalue weighted by atomic mass is 35.5. The van der Waals surface area contributed by atoms with Crippen molar-refractivity contribution in [1.29, 1.82) is 0 Å². The summed E-state index contributed by atoms with van der Waals surface area (Å²) in [7, 11) is 1.54. The second-order valence-electron chi connectivity index (χ2n) is 3.12. The maximum atomic E-state index is 11.7. The van der Waals surface area contributed by atoms with E-state index in [0.717, 1.165) is 0 Å². The van der Waals surface area contributed by atoms with Crippen LogP contribution in [0.4, 0.5) is 0 Å². The zero-order valence-electron chi connectivity index (χ0n) is 9.24. The van der Waals surface area contributed by atoms with E-state index in [1.54, 1.807) is 24.3 Å². The van der Waals surface area contributed by atoms with E-state index < -0.39 is 0 Å². The van der Waals surface area contributed by atoms with Crippen molar-refractivity contribution in [3.05, 3.63) is 29.8 Å². The zero-order valence-corrected chi connectivity index (χ0v) is 10.8. The van der Waals surface area contributed by atoms with Crippen molar-refractivity contribution in [3.63, 3.8) is 0 Å². The molecule has 92 valence electrons. The first-order chi connectivity index (χ1) is 8.21. The SMILES string of the molecule is COc1cccc(C(=O)NN=C(CCl)CCl)c1. The van der Waals surface area contributed by atoms with Crippen molar-refractivity contribution >= 4 is 34.8 Å². The second kappa shape index (κ2) is 7.14. The highest BCUT2D eigenvalue weighted by Crippen LogP contribution is 2.12. The Morgan fingerprint density at radius 1 is 1.41 bits per heavy atom. The molecule has 1 amide bonds. The average molecular weight is 275 g/mol. The van der Waals surface area contributed by atoms with Gasteiger partial charge in [-0.1, -0.05) is 6.07 Å². The molecule has 4 nitrogen and oxygen atoms in total. The number of ether oxygens (including phenoxy) is 1. The first kappa shape index (κ1) is 13.8. The predicted octanol–water partition coefficient (Wildman–Crippen LogP) is 2.26. The minimum absolute atomic E-state index is 0.182. The van der Waals surface area contributed by atoms with Gasteiger partial charge < -0.3 is 4.74 Å². The Kier molecular flexibility index (Phi) is 5.80. The van der Waals surface area contributed by atoms with Gasteiger partial charge in [0.25, 0.3) is 5.91 Å². The summed E-state index contributed by atoms with van der Waals surface area (Å²) in [5.74, 6) is 0.636. The van der Waals surface area contributed by atoms with Crippen LogP contribution >= 0.6 is 23.2 Å². The summed E-state index contributed by atoms with van der Waals surface area (Å²) >= 11 is 11.1. The smallest absolute Gasteiger partial charge is 0.271 e. The van der Waals surface area contributed by atoms with Gasteiger partial charge in [0.1, 0.15) is 5.75 Å². The van der Waals surface area contributed by atoms with Gasteiger partial charge in [-0.05, 0) is 18.2 Å². The molecule has 0 aliphatic heterocycles. The number of amides is 1. The number of carbonyl (C=O) groups excluding carboxylic acids is 1. The Bertz CT molecular complexity index is 416. The molecule has 1 rings (SSSR count). The molecular weight excluding hydrogens is 263 g/mol. The number of halogens is 2. The van der Waals surface area contributed by atoms with Gasteiger partial charge in [-0.3, -0.25) is 4.79 Å². The third-order valence-electron chi connectivity index (χ3n) is 1.96. The van der Waals surface area contributed by atoms with Gasteiger partial charge in [0.05, 0.1) is 24.6 Å². The fourth-order valence-electron chi connectivity index (χ4n) is 1.05. The van der Waals surface area contributed by atoms with Crippen LogP contribution in [0, 0.1) is 0 Å². The molecule has 0 saturated carbocycles. The lowest BCUT2D eigenvalue weighted by molar-refractivity contribution is 0.0954. The number of hydrogen-bond donors (Lipinski definition) is 1. The van der Waals surface area contributed by atoms with Crippen molar-refractivity contribution in [2.75, 3.05) is 18.9 Å². The van der Waals surface area contributed by atoms with E-state index in [9.17, 15) is 4.79 Å². The highest BCUT2D eigenvalue weighted by Gasteiger charge is 2.05. The monoisotopic (exact) mass is 274 g/mol. The minimum Gasteiger partial charge on any atom is -0.497 e. The van der Waals surface area contributed by atoms with Gasteiger partial charge in [-0.15, -0.1) is 23.2 Å². The molecule has 0 saturated heterocycles. The Balaban J connectivity index is 2.72. The quantitative estimate of drug-likeness (QED) is 0.509. The summed E-state index contributed by atoms with van der Waals surface area (Å²) < 4.78 is 5.01. The fraction of sp³-hybridized carbons (Fsp3) is 0.273. The third kappa shape index (κ3) is 4.24. The molecule has 6 heteroatoms. The topological polar surface area (TPSA) is 50.7 Å². The van der Waals surface area contributed by atoms with Gasteiger partial charge in [0.15, 0.2) is 0 Å². The number of carbonyl (C=O) groups is 1. The number of benzene rings is 1. The van der Waals surface area contributed by atoms with Gasteiger partial charge >= 0.3 is 0 Å². The van der Waals surface area contributed by atoms with Crippen molar-refractivity contribution < 1.29 is 9.53 Å². The van der Waals surface area contributed by atoms with E-state index in [2.05, 4.69) is 10.5 Å². The first-order valence-corrected chi connectivity index (χ1v) is 5.90. The van der Waals surface area contributed by atoms with E-state index in [1.165, 1.54) is 7.11 Å². The maximum absolute atomic E-state index is 11.7. The van der Waals surface area contributed by atoms with Crippen molar-refractivity contribution in [1.82, 2.24) is 5.43 Å². The molecule has 0 aliphatic carbocycles. The molecule has 1 N–H and O–H groups in total. The van der Waals surface area contributed by atoms with Crippen LogP contribution in [0.5, 0.6) is 5.75 Å². The first-order valence-electron chi connectivity index (χ1n) is 4.83. The molecule has 0 aliphatic rings. The molecule has 0 heterocycles. The Labute approximate surface area is 110 Å². The van der Waals surface area contributed by atoms with Gasteiger partial charge in [0, 0.05) is 5.56 Å². The molecule has 0 aromatic heterocycles. The summed E-state index contributed by atoms with van der Waals surface area (Å²) in [6.07, 6.45) is 0. The molecule has 1 aromatic carbocycles. The average Bonchev–Trinajstić information content (AvgIpc) is 2.39. The van der Waals surface area contributed by atoms with Crippen LogP contribution in [-0.2, 0) is 0 Å². The number of alkyl halides is 2. The molecule has 0 atom stereocenters. The predicted molar refractivity (Wildman–Crippen MR) is 69.3 cm³/mol. The standard InChI is InChI=1S/C11H12Cl2N2O2/c1-17-10-4-2-3-8(5-10)11(16)15-14-9(6-12)7-13/h2-5H,6-7H2,1H3,(H,15,16). The van der Waals surface area contributed by atoms with E-state index in [-0.39, 0.29) is 17.7 Å². The van der Waals surface area contributed by atoms with E-state index in [1.807, 2.05) is 0 Å². The number of nitrogens with one attached hydrogen (secondary N) is 1. The summed E-state index contributed by atoms with van der Waals surface area (Å²) in [6, 6.07) is 6.75. The van der Waals surface area contributed by atoms with Crippen molar-refractivity contribution in [2.45, 2.75) is 0 Å².